The lowest BCUT2D eigenvalue weighted by molar-refractivity contribution is -0.113. The van der Waals surface area contributed by atoms with Gasteiger partial charge in [0.25, 0.3) is 0 Å². The minimum Gasteiger partial charge on any atom is -0.486 e. The van der Waals surface area contributed by atoms with Crippen LogP contribution in [-0.4, -0.2) is 33.2 Å². The van der Waals surface area contributed by atoms with Crippen LogP contribution < -0.4 is 19.5 Å². The summed E-state index contributed by atoms with van der Waals surface area (Å²) < 4.78 is 18.4. The van der Waals surface area contributed by atoms with E-state index in [-0.39, 0.29) is 25.1 Å². The summed E-state index contributed by atoms with van der Waals surface area (Å²) in [5.74, 6) is 2.53. The van der Waals surface area contributed by atoms with Crippen molar-refractivity contribution >= 4 is 35.0 Å². The molecule has 1 aromatic heterocycles. The number of anilines is 1. The average Bonchev–Trinajstić information content (AvgIpc) is 3.49. The van der Waals surface area contributed by atoms with E-state index in [0.717, 1.165) is 5.69 Å². The topological polar surface area (TPSA) is 87.5 Å². The number of benzene rings is 3. The predicted molar refractivity (Wildman–Crippen MR) is 129 cm³/mol. The van der Waals surface area contributed by atoms with Gasteiger partial charge in [-0.05, 0) is 48.5 Å². The quantitative estimate of drug-likeness (QED) is 0.346. The lowest BCUT2D eigenvalue weighted by atomic mass is 10.3. The van der Waals surface area contributed by atoms with E-state index in [2.05, 4.69) is 15.5 Å². The standard InChI is InChI=1S/C24H19ClN4O4S/c25-16-6-9-19(10-7-16)31-13-22-27-28-24(29(22)18-4-2-1-3-5-18)34-14-23(30)26-17-8-11-20-21(12-17)33-15-32-20/h1-12H,13-15H2,(H,26,30). The van der Waals surface area contributed by atoms with Crippen molar-refractivity contribution in [3.8, 4) is 22.9 Å². The van der Waals surface area contributed by atoms with Crippen LogP contribution in [0, 0.1) is 0 Å². The van der Waals surface area contributed by atoms with E-state index in [1.807, 2.05) is 34.9 Å². The summed E-state index contributed by atoms with van der Waals surface area (Å²) in [4.78, 5) is 12.6. The van der Waals surface area contributed by atoms with Crippen LogP contribution in [0.15, 0.2) is 78.0 Å². The molecule has 4 aromatic rings. The summed E-state index contributed by atoms with van der Waals surface area (Å²) in [5, 5.41) is 12.7. The van der Waals surface area contributed by atoms with Crippen LogP contribution in [-0.2, 0) is 11.4 Å². The van der Waals surface area contributed by atoms with E-state index in [1.54, 1.807) is 42.5 Å². The van der Waals surface area contributed by atoms with Crippen LogP contribution in [0.2, 0.25) is 5.02 Å². The minimum absolute atomic E-state index is 0.150. The number of thioether (sulfide) groups is 1. The number of aromatic nitrogens is 3. The molecule has 2 heterocycles. The molecular weight excluding hydrogens is 476 g/mol. The first kappa shape index (κ1) is 22.1. The molecule has 1 amide bonds. The normalized spacial score (nSPS) is 11.9. The van der Waals surface area contributed by atoms with Crippen LogP contribution >= 0.6 is 23.4 Å². The fourth-order valence-corrected chi connectivity index (χ4v) is 4.20. The van der Waals surface area contributed by atoms with E-state index in [9.17, 15) is 4.79 Å². The Balaban J connectivity index is 1.28. The summed E-state index contributed by atoms with van der Waals surface area (Å²) >= 11 is 7.23. The van der Waals surface area contributed by atoms with Crippen LogP contribution in [0.3, 0.4) is 0 Å². The van der Waals surface area contributed by atoms with Crippen molar-refractivity contribution in [1.29, 1.82) is 0 Å². The van der Waals surface area contributed by atoms with Gasteiger partial charge in [0.2, 0.25) is 12.7 Å². The Kier molecular flexibility index (Phi) is 6.55. The maximum atomic E-state index is 12.6. The number of hydrogen-bond acceptors (Lipinski definition) is 7. The van der Waals surface area contributed by atoms with Crippen LogP contribution in [0.1, 0.15) is 5.82 Å². The smallest absolute Gasteiger partial charge is 0.234 e. The molecule has 34 heavy (non-hydrogen) atoms. The molecule has 1 N–H and O–H groups in total. The SMILES string of the molecule is O=C(CSc1nnc(COc2ccc(Cl)cc2)n1-c1ccccc1)Nc1ccc2c(c1)OCO2. The molecule has 10 heteroatoms. The maximum Gasteiger partial charge on any atom is 0.234 e. The van der Waals surface area contributed by atoms with Crippen LogP contribution in [0.25, 0.3) is 5.69 Å². The number of fused-ring (bicyclic) bond motifs is 1. The zero-order valence-electron chi connectivity index (χ0n) is 17.8. The van der Waals surface area contributed by atoms with Crippen molar-refractivity contribution < 1.29 is 19.0 Å². The molecule has 0 atom stereocenters. The summed E-state index contributed by atoms with van der Waals surface area (Å²) in [5.41, 5.74) is 1.51. The number of hydrogen-bond donors (Lipinski definition) is 1. The Labute approximate surface area is 204 Å². The maximum absolute atomic E-state index is 12.6. The fraction of sp³-hybridized carbons (Fsp3) is 0.125. The first-order valence-corrected chi connectivity index (χ1v) is 11.7. The number of nitrogens with zero attached hydrogens (tertiary/aromatic N) is 3. The van der Waals surface area contributed by atoms with Gasteiger partial charge in [0.1, 0.15) is 12.4 Å². The third-order valence-corrected chi connectivity index (χ3v) is 6.07. The zero-order valence-corrected chi connectivity index (χ0v) is 19.4. The highest BCUT2D eigenvalue weighted by atomic mass is 35.5. The van der Waals surface area contributed by atoms with Crippen molar-refractivity contribution in [2.45, 2.75) is 11.8 Å². The molecule has 0 fully saturated rings. The zero-order chi connectivity index (χ0) is 23.3. The van der Waals surface area contributed by atoms with Gasteiger partial charge in [-0.1, -0.05) is 41.6 Å². The van der Waals surface area contributed by atoms with Crippen molar-refractivity contribution in [3.63, 3.8) is 0 Å². The van der Waals surface area contributed by atoms with E-state index < -0.39 is 0 Å². The molecule has 0 spiro atoms. The lowest BCUT2D eigenvalue weighted by Crippen LogP contribution is -2.14. The number of carbonyl (C=O) groups excluding carboxylic acids is 1. The third kappa shape index (κ3) is 5.11. The largest absolute Gasteiger partial charge is 0.486 e. The van der Waals surface area contributed by atoms with E-state index in [0.29, 0.717) is 38.9 Å². The second kappa shape index (κ2) is 10.1. The lowest BCUT2D eigenvalue weighted by Gasteiger charge is -2.11. The van der Waals surface area contributed by atoms with Crippen LogP contribution in [0.5, 0.6) is 17.2 Å². The van der Waals surface area contributed by atoms with E-state index in [4.69, 9.17) is 25.8 Å². The highest BCUT2D eigenvalue weighted by Crippen LogP contribution is 2.34. The van der Waals surface area contributed by atoms with Crippen LogP contribution in [0.4, 0.5) is 5.69 Å². The molecule has 172 valence electrons. The van der Waals surface area contributed by atoms with Crippen molar-refractivity contribution in [1.82, 2.24) is 14.8 Å². The van der Waals surface area contributed by atoms with Gasteiger partial charge in [0.15, 0.2) is 22.5 Å². The number of halogens is 1. The first-order chi connectivity index (χ1) is 16.7. The van der Waals surface area contributed by atoms with Gasteiger partial charge in [-0.3, -0.25) is 9.36 Å². The Bertz CT molecular complexity index is 1300. The Morgan fingerprint density at radius 1 is 1.03 bits per heavy atom. The molecular formula is C24H19ClN4O4S. The van der Waals surface area contributed by atoms with Gasteiger partial charge in [-0.25, -0.2) is 0 Å². The molecule has 0 aliphatic carbocycles. The van der Waals surface area contributed by atoms with E-state index in [1.165, 1.54) is 11.8 Å². The van der Waals surface area contributed by atoms with Gasteiger partial charge in [-0.15, -0.1) is 10.2 Å². The molecule has 1 aliphatic rings. The molecule has 8 nitrogen and oxygen atoms in total. The van der Waals surface area contributed by atoms with Gasteiger partial charge in [-0.2, -0.15) is 0 Å². The number of amides is 1. The second-order valence-corrected chi connectivity index (χ2v) is 8.60. The van der Waals surface area contributed by atoms with Gasteiger partial charge in [0.05, 0.1) is 5.75 Å². The molecule has 5 rings (SSSR count). The number of carbonyl (C=O) groups is 1. The molecule has 1 aliphatic heterocycles. The summed E-state index contributed by atoms with van der Waals surface area (Å²) in [6.45, 7) is 0.384. The molecule has 0 radical (unpaired) electrons. The summed E-state index contributed by atoms with van der Waals surface area (Å²) in [6.07, 6.45) is 0. The third-order valence-electron chi connectivity index (χ3n) is 4.89. The molecule has 3 aromatic carbocycles. The molecule has 0 saturated heterocycles. The van der Waals surface area contributed by atoms with Crippen molar-refractivity contribution in [2.24, 2.45) is 0 Å². The number of para-hydroxylation sites is 1. The van der Waals surface area contributed by atoms with Gasteiger partial charge < -0.3 is 19.5 Å². The molecule has 0 saturated carbocycles. The van der Waals surface area contributed by atoms with Crippen molar-refractivity contribution in [2.75, 3.05) is 17.9 Å². The summed E-state index contributed by atoms with van der Waals surface area (Å²) in [6, 6.07) is 22.1. The average molecular weight is 495 g/mol. The van der Waals surface area contributed by atoms with Crippen molar-refractivity contribution in [3.05, 3.63) is 83.6 Å². The highest BCUT2D eigenvalue weighted by Gasteiger charge is 2.18. The highest BCUT2D eigenvalue weighted by molar-refractivity contribution is 7.99. The molecule has 0 bridgehead atoms. The summed E-state index contributed by atoms with van der Waals surface area (Å²) in [7, 11) is 0. The Hall–Kier alpha value is -3.69. The van der Waals surface area contributed by atoms with E-state index >= 15 is 0 Å². The molecule has 0 unspecified atom stereocenters. The predicted octanol–water partition coefficient (Wildman–Crippen LogP) is 4.96. The number of ether oxygens (including phenoxy) is 3. The monoisotopic (exact) mass is 494 g/mol. The first-order valence-electron chi connectivity index (χ1n) is 10.4. The number of rotatable bonds is 8. The second-order valence-electron chi connectivity index (χ2n) is 7.22. The fourth-order valence-electron chi connectivity index (χ4n) is 3.30. The minimum atomic E-state index is -0.176. The Morgan fingerprint density at radius 2 is 1.82 bits per heavy atom. The Morgan fingerprint density at radius 3 is 2.65 bits per heavy atom. The number of nitrogens with one attached hydrogen (secondary N) is 1. The van der Waals surface area contributed by atoms with Gasteiger partial charge in [0, 0.05) is 22.5 Å². The van der Waals surface area contributed by atoms with Gasteiger partial charge >= 0.3 is 0 Å².